The van der Waals surface area contributed by atoms with E-state index in [1.54, 1.807) is 18.2 Å². The van der Waals surface area contributed by atoms with Crippen molar-refractivity contribution >= 4 is 21.4 Å². The van der Waals surface area contributed by atoms with Crippen LogP contribution in [0.25, 0.3) is 0 Å². The maximum absolute atomic E-state index is 11.8. The van der Waals surface area contributed by atoms with Gasteiger partial charge in [-0.1, -0.05) is 17.7 Å². The minimum atomic E-state index is -3.28. The molecular weight excluding hydrogens is 298 g/mol. The van der Waals surface area contributed by atoms with Gasteiger partial charge in [0.1, 0.15) is 0 Å². The second-order valence-corrected chi connectivity index (χ2v) is 7.95. The molecule has 1 saturated heterocycles. The van der Waals surface area contributed by atoms with E-state index in [4.69, 9.17) is 16.3 Å². The number of benzene rings is 1. The zero-order chi connectivity index (χ0) is 14.8. The summed E-state index contributed by atoms with van der Waals surface area (Å²) in [6.07, 6.45) is 3.21. The summed E-state index contributed by atoms with van der Waals surface area (Å²) >= 11 is 6.16. The third kappa shape index (κ3) is 3.73. The van der Waals surface area contributed by atoms with Crippen molar-refractivity contribution in [2.45, 2.75) is 36.7 Å². The number of halogens is 1. The van der Waals surface area contributed by atoms with Crippen LogP contribution in [0.3, 0.4) is 0 Å². The van der Waals surface area contributed by atoms with E-state index in [-0.39, 0.29) is 10.4 Å². The highest BCUT2D eigenvalue weighted by atomic mass is 35.5. The van der Waals surface area contributed by atoms with Crippen molar-refractivity contribution in [3.63, 3.8) is 0 Å². The average Bonchev–Trinajstić information content (AvgIpc) is 2.37. The van der Waals surface area contributed by atoms with Crippen molar-refractivity contribution < 1.29 is 13.2 Å². The van der Waals surface area contributed by atoms with Crippen LogP contribution in [0.1, 0.15) is 25.3 Å². The molecule has 1 aromatic carbocycles. The van der Waals surface area contributed by atoms with Gasteiger partial charge >= 0.3 is 0 Å². The van der Waals surface area contributed by atoms with Crippen molar-refractivity contribution in [1.29, 1.82) is 0 Å². The number of hydrogen-bond donors (Lipinski definition) is 1. The highest BCUT2D eigenvalue weighted by Gasteiger charge is 2.27. The molecule has 0 aromatic heterocycles. The lowest BCUT2D eigenvalue weighted by Crippen LogP contribution is -2.48. The fourth-order valence-corrected chi connectivity index (χ4v) is 3.69. The zero-order valence-electron chi connectivity index (χ0n) is 11.8. The Labute approximate surface area is 125 Å². The summed E-state index contributed by atoms with van der Waals surface area (Å²) in [5.74, 6) is 0. The van der Waals surface area contributed by atoms with E-state index >= 15 is 0 Å². The van der Waals surface area contributed by atoms with Crippen molar-refractivity contribution in [2.75, 3.05) is 19.5 Å². The SMILES string of the molecule is CC1(NCc2c(Cl)cccc2S(C)(=O)=O)CCCOC1. The highest BCUT2D eigenvalue weighted by Crippen LogP contribution is 2.26. The Morgan fingerprint density at radius 1 is 1.45 bits per heavy atom. The number of hydrogen-bond acceptors (Lipinski definition) is 4. The van der Waals surface area contributed by atoms with Crippen LogP contribution in [0.15, 0.2) is 23.1 Å². The van der Waals surface area contributed by atoms with Crippen LogP contribution in [0, 0.1) is 0 Å². The normalized spacial score (nSPS) is 23.8. The van der Waals surface area contributed by atoms with Gasteiger partial charge in [0.2, 0.25) is 0 Å². The van der Waals surface area contributed by atoms with Crippen LogP contribution < -0.4 is 5.32 Å². The molecule has 1 heterocycles. The van der Waals surface area contributed by atoms with Crippen LogP contribution in [-0.4, -0.2) is 33.4 Å². The Morgan fingerprint density at radius 2 is 2.20 bits per heavy atom. The Hall–Kier alpha value is -0.620. The van der Waals surface area contributed by atoms with Crippen LogP contribution in [0.2, 0.25) is 5.02 Å². The van der Waals surface area contributed by atoms with Crippen molar-refractivity contribution in [3.8, 4) is 0 Å². The minimum absolute atomic E-state index is 0.133. The first-order valence-corrected chi connectivity index (χ1v) is 8.89. The molecular formula is C14H20ClNO3S. The van der Waals surface area contributed by atoms with Gasteiger partial charge < -0.3 is 10.1 Å². The fourth-order valence-electron chi connectivity index (χ4n) is 2.43. The lowest BCUT2D eigenvalue weighted by Gasteiger charge is -2.34. The molecule has 1 unspecified atom stereocenters. The summed E-state index contributed by atoms with van der Waals surface area (Å²) in [6.45, 7) is 3.93. The molecule has 4 nitrogen and oxygen atoms in total. The molecule has 0 radical (unpaired) electrons. The van der Waals surface area contributed by atoms with Gasteiger partial charge in [0.05, 0.1) is 11.5 Å². The number of ether oxygens (including phenoxy) is 1. The van der Waals surface area contributed by atoms with Gasteiger partial charge in [0.25, 0.3) is 0 Å². The van der Waals surface area contributed by atoms with Gasteiger partial charge in [0, 0.05) is 35.5 Å². The molecule has 0 spiro atoms. The molecule has 1 N–H and O–H groups in total. The summed E-state index contributed by atoms with van der Waals surface area (Å²) in [5.41, 5.74) is 0.495. The molecule has 0 saturated carbocycles. The molecule has 1 atom stereocenters. The quantitative estimate of drug-likeness (QED) is 0.926. The molecule has 0 bridgehead atoms. The van der Waals surface area contributed by atoms with E-state index in [0.29, 0.717) is 23.7 Å². The zero-order valence-corrected chi connectivity index (χ0v) is 13.4. The topological polar surface area (TPSA) is 55.4 Å². The summed E-state index contributed by atoms with van der Waals surface area (Å²) in [7, 11) is -3.28. The second-order valence-electron chi connectivity index (χ2n) is 5.56. The van der Waals surface area contributed by atoms with Crippen LogP contribution in [-0.2, 0) is 21.1 Å². The summed E-state index contributed by atoms with van der Waals surface area (Å²) in [4.78, 5) is 0.290. The molecule has 6 heteroatoms. The molecule has 1 aromatic rings. The van der Waals surface area contributed by atoms with E-state index in [1.165, 1.54) is 6.26 Å². The van der Waals surface area contributed by atoms with Crippen LogP contribution >= 0.6 is 11.6 Å². The van der Waals surface area contributed by atoms with Gasteiger partial charge in [-0.25, -0.2) is 8.42 Å². The largest absolute Gasteiger partial charge is 0.380 e. The molecule has 112 valence electrons. The van der Waals surface area contributed by atoms with E-state index in [9.17, 15) is 8.42 Å². The third-order valence-electron chi connectivity index (χ3n) is 3.61. The molecule has 1 aliphatic heterocycles. The summed E-state index contributed by atoms with van der Waals surface area (Å²) < 4.78 is 29.1. The predicted octanol–water partition coefficient (Wildman–Crippen LogP) is 2.40. The summed E-state index contributed by atoms with van der Waals surface area (Å²) in [5, 5.41) is 3.87. The van der Waals surface area contributed by atoms with E-state index in [1.807, 2.05) is 0 Å². The Bertz CT molecular complexity index is 580. The maximum Gasteiger partial charge on any atom is 0.175 e. The van der Waals surface area contributed by atoms with Crippen molar-refractivity contribution in [2.24, 2.45) is 0 Å². The fraction of sp³-hybridized carbons (Fsp3) is 0.571. The molecule has 2 rings (SSSR count). The smallest absolute Gasteiger partial charge is 0.175 e. The standard InChI is InChI=1S/C14H20ClNO3S/c1-14(7-4-8-19-10-14)16-9-11-12(15)5-3-6-13(11)20(2,17)18/h3,5-6,16H,4,7-10H2,1-2H3. The maximum atomic E-state index is 11.8. The Morgan fingerprint density at radius 3 is 2.80 bits per heavy atom. The lowest BCUT2D eigenvalue weighted by atomic mass is 9.94. The molecule has 1 fully saturated rings. The van der Waals surface area contributed by atoms with Gasteiger partial charge in [-0.15, -0.1) is 0 Å². The Kier molecular flexibility index (Phi) is 4.74. The first-order valence-electron chi connectivity index (χ1n) is 6.62. The Balaban J connectivity index is 2.21. The first kappa shape index (κ1) is 15.8. The molecule has 0 aliphatic carbocycles. The highest BCUT2D eigenvalue weighted by molar-refractivity contribution is 7.90. The number of rotatable bonds is 4. The van der Waals surface area contributed by atoms with E-state index in [2.05, 4.69) is 12.2 Å². The van der Waals surface area contributed by atoms with Crippen molar-refractivity contribution in [1.82, 2.24) is 5.32 Å². The minimum Gasteiger partial charge on any atom is -0.380 e. The van der Waals surface area contributed by atoms with Gasteiger partial charge in [-0.2, -0.15) is 0 Å². The van der Waals surface area contributed by atoms with Crippen molar-refractivity contribution in [3.05, 3.63) is 28.8 Å². The first-order chi connectivity index (χ1) is 9.32. The lowest BCUT2D eigenvalue weighted by molar-refractivity contribution is 0.0277. The van der Waals surface area contributed by atoms with Gasteiger partial charge in [0.15, 0.2) is 9.84 Å². The van der Waals surface area contributed by atoms with Gasteiger partial charge in [-0.3, -0.25) is 0 Å². The molecule has 20 heavy (non-hydrogen) atoms. The van der Waals surface area contributed by atoms with Crippen LogP contribution in [0.4, 0.5) is 0 Å². The number of nitrogens with one attached hydrogen (secondary N) is 1. The predicted molar refractivity (Wildman–Crippen MR) is 79.9 cm³/mol. The third-order valence-corrected chi connectivity index (χ3v) is 5.14. The average molecular weight is 318 g/mol. The monoisotopic (exact) mass is 317 g/mol. The summed E-state index contributed by atoms with van der Waals surface area (Å²) in [6, 6.07) is 4.97. The van der Waals surface area contributed by atoms with Gasteiger partial charge in [-0.05, 0) is 31.9 Å². The van der Waals surface area contributed by atoms with E-state index in [0.717, 1.165) is 19.4 Å². The second kappa shape index (κ2) is 6.02. The molecule has 0 amide bonds. The van der Waals surface area contributed by atoms with E-state index < -0.39 is 9.84 Å². The number of sulfone groups is 1. The van der Waals surface area contributed by atoms with Crippen LogP contribution in [0.5, 0.6) is 0 Å². The molecule has 1 aliphatic rings.